The van der Waals surface area contributed by atoms with Gasteiger partial charge >= 0.3 is 5.97 Å². The molecule has 0 bridgehead atoms. The maximum Gasteiger partial charge on any atom is 0.339 e. The molecule has 0 heterocycles. The summed E-state index contributed by atoms with van der Waals surface area (Å²) in [6, 6.07) is 19.3. The average Bonchev–Trinajstić information content (AvgIpc) is 2.62. The van der Waals surface area contributed by atoms with Gasteiger partial charge in [-0.3, -0.25) is 0 Å². The lowest BCUT2D eigenvalue weighted by molar-refractivity contribution is 0.0694. The highest BCUT2D eigenvalue weighted by Crippen LogP contribution is 2.24. The molecule has 0 aliphatic rings. The van der Waals surface area contributed by atoms with E-state index in [0.717, 1.165) is 16.7 Å². The zero-order chi connectivity index (χ0) is 17.8. The Kier molecular flexibility index (Phi) is 4.57. The summed E-state index contributed by atoms with van der Waals surface area (Å²) in [6.07, 6.45) is 0. The first-order chi connectivity index (χ1) is 12.0. The second kappa shape index (κ2) is 6.97. The molecule has 0 aliphatic carbocycles. The lowest BCUT2D eigenvalue weighted by Crippen LogP contribution is -2.02. The maximum atomic E-state index is 11.0. The fourth-order valence-corrected chi connectivity index (χ4v) is 2.49. The molecule has 3 aromatic rings. The van der Waals surface area contributed by atoms with E-state index in [1.165, 1.54) is 12.1 Å². The van der Waals surface area contributed by atoms with Crippen LogP contribution in [0.2, 0.25) is 0 Å². The minimum atomic E-state index is -1.17. The van der Waals surface area contributed by atoms with Gasteiger partial charge in [-0.15, -0.1) is 0 Å². The van der Waals surface area contributed by atoms with Gasteiger partial charge in [0.15, 0.2) is 0 Å². The summed E-state index contributed by atoms with van der Waals surface area (Å²) >= 11 is 0. The number of aromatic hydroxyl groups is 2. The van der Waals surface area contributed by atoms with Crippen molar-refractivity contribution in [2.24, 2.45) is 0 Å². The molecule has 0 amide bonds. The third-order valence-corrected chi connectivity index (χ3v) is 3.88. The first-order valence-corrected chi connectivity index (χ1v) is 7.71. The number of phenolic OH excluding ortho intramolecular Hbond substituents is 1. The highest BCUT2D eigenvalue weighted by Gasteiger charge is 2.10. The van der Waals surface area contributed by atoms with Gasteiger partial charge < -0.3 is 20.6 Å². The van der Waals surface area contributed by atoms with Crippen LogP contribution in [0.25, 0.3) is 11.1 Å². The third kappa shape index (κ3) is 3.90. The van der Waals surface area contributed by atoms with Crippen LogP contribution in [0.15, 0.2) is 66.7 Å². The molecule has 126 valence electrons. The van der Waals surface area contributed by atoms with Crippen LogP contribution in [-0.2, 0) is 6.54 Å². The number of carboxylic acids is 1. The molecule has 0 radical (unpaired) electrons. The summed E-state index contributed by atoms with van der Waals surface area (Å²) in [6.45, 7) is 0.527. The van der Waals surface area contributed by atoms with Crippen molar-refractivity contribution < 1.29 is 20.1 Å². The molecule has 4 N–H and O–H groups in total. The van der Waals surface area contributed by atoms with Crippen LogP contribution in [-0.4, -0.2) is 21.3 Å². The molecular weight excluding hydrogens is 318 g/mol. The molecule has 0 unspecified atom stereocenters. The van der Waals surface area contributed by atoms with Crippen LogP contribution in [0.4, 0.5) is 5.69 Å². The number of anilines is 1. The van der Waals surface area contributed by atoms with Crippen molar-refractivity contribution in [1.29, 1.82) is 0 Å². The second-order valence-electron chi connectivity index (χ2n) is 5.63. The van der Waals surface area contributed by atoms with Gasteiger partial charge in [0.2, 0.25) is 0 Å². The van der Waals surface area contributed by atoms with Crippen LogP contribution >= 0.6 is 0 Å². The Labute approximate surface area is 144 Å². The van der Waals surface area contributed by atoms with E-state index in [9.17, 15) is 15.0 Å². The largest absolute Gasteiger partial charge is 0.508 e. The number of benzene rings is 3. The Morgan fingerprint density at radius 3 is 2.04 bits per heavy atom. The van der Waals surface area contributed by atoms with Gasteiger partial charge in [0.1, 0.15) is 17.1 Å². The Bertz CT molecular complexity index is 887. The molecule has 0 fully saturated rings. The number of rotatable bonds is 5. The third-order valence-electron chi connectivity index (χ3n) is 3.88. The van der Waals surface area contributed by atoms with Crippen molar-refractivity contribution in [2.45, 2.75) is 6.54 Å². The smallest absolute Gasteiger partial charge is 0.339 e. The molecule has 0 spiro atoms. The topological polar surface area (TPSA) is 89.8 Å². The number of carboxylic acid groups (broad SMARTS) is 1. The molecule has 5 heteroatoms. The minimum absolute atomic E-state index is 0.132. The molecule has 3 aromatic carbocycles. The van der Waals surface area contributed by atoms with Gasteiger partial charge in [0, 0.05) is 12.2 Å². The SMILES string of the molecule is O=C(O)c1cc(NCc2ccc(-c3ccc(O)cc3)cc2)ccc1O. The Hall–Kier alpha value is -3.47. The minimum Gasteiger partial charge on any atom is -0.508 e. The predicted octanol–water partition coefficient (Wildman–Crippen LogP) is 4.08. The fourth-order valence-electron chi connectivity index (χ4n) is 2.49. The van der Waals surface area contributed by atoms with Crippen molar-refractivity contribution in [1.82, 2.24) is 0 Å². The molecule has 0 saturated heterocycles. The van der Waals surface area contributed by atoms with E-state index in [1.54, 1.807) is 18.2 Å². The molecule has 0 aliphatic heterocycles. The number of aromatic carboxylic acids is 1. The zero-order valence-electron chi connectivity index (χ0n) is 13.3. The van der Waals surface area contributed by atoms with Crippen molar-refractivity contribution in [3.05, 3.63) is 77.9 Å². The lowest BCUT2D eigenvalue weighted by atomic mass is 10.0. The van der Waals surface area contributed by atoms with Crippen molar-refractivity contribution >= 4 is 11.7 Å². The van der Waals surface area contributed by atoms with Crippen LogP contribution in [0.5, 0.6) is 11.5 Å². The van der Waals surface area contributed by atoms with Crippen LogP contribution in [0.3, 0.4) is 0 Å². The van der Waals surface area contributed by atoms with Crippen molar-refractivity contribution in [3.63, 3.8) is 0 Å². The van der Waals surface area contributed by atoms with Gasteiger partial charge in [0.05, 0.1) is 0 Å². The van der Waals surface area contributed by atoms with Gasteiger partial charge in [0.25, 0.3) is 0 Å². The normalized spacial score (nSPS) is 10.4. The first kappa shape index (κ1) is 16.4. The molecule has 25 heavy (non-hydrogen) atoms. The summed E-state index contributed by atoms with van der Waals surface area (Å²) in [5.74, 6) is -1.19. The quantitative estimate of drug-likeness (QED) is 0.528. The fraction of sp³-hybridized carbons (Fsp3) is 0.0500. The van der Waals surface area contributed by atoms with Crippen molar-refractivity contribution in [3.8, 4) is 22.6 Å². The summed E-state index contributed by atoms with van der Waals surface area (Å²) < 4.78 is 0. The van der Waals surface area contributed by atoms with E-state index in [0.29, 0.717) is 12.2 Å². The van der Waals surface area contributed by atoms with Gasteiger partial charge in [-0.2, -0.15) is 0 Å². The average molecular weight is 335 g/mol. The van der Waals surface area contributed by atoms with E-state index in [4.69, 9.17) is 5.11 Å². The number of phenols is 2. The van der Waals surface area contributed by atoms with E-state index < -0.39 is 5.97 Å². The first-order valence-electron chi connectivity index (χ1n) is 7.71. The number of hydrogen-bond acceptors (Lipinski definition) is 4. The molecule has 0 atom stereocenters. The monoisotopic (exact) mass is 335 g/mol. The second-order valence-corrected chi connectivity index (χ2v) is 5.63. The van der Waals surface area contributed by atoms with E-state index in [1.807, 2.05) is 36.4 Å². The van der Waals surface area contributed by atoms with E-state index >= 15 is 0 Å². The Balaban J connectivity index is 1.69. The zero-order valence-corrected chi connectivity index (χ0v) is 13.3. The highest BCUT2D eigenvalue weighted by molar-refractivity contribution is 5.92. The van der Waals surface area contributed by atoms with Gasteiger partial charge in [-0.1, -0.05) is 36.4 Å². The number of carbonyl (C=O) groups is 1. The molecule has 5 nitrogen and oxygen atoms in total. The summed E-state index contributed by atoms with van der Waals surface area (Å²) in [4.78, 5) is 11.0. The Morgan fingerprint density at radius 1 is 0.840 bits per heavy atom. The van der Waals surface area contributed by atoms with Crippen LogP contribution in [0.1, 0.15) is 15.9 Å². The predicted molar refractivity (Wildman–Crippen MR) is 95.9 cm³/mol. The van der Waals surface area contributed by atoms with Crippen LogP contribution < -0.4 is 5.32 Å². The van der Waals surface area contributed by atoms with E-state index in [-0.39, 0.29) is 17.1 Å². The summed E-state index contributed by atoms with van der Waals surface area (Å²) in [5, 5.41) is 31.0. The number of nitrogens with one attached hydrogen (secondary N) is 1. The lowest BCUT2D eigenvalue weighted by Gasteiger charge is -2.09. The standard InChI is InChI=1S/C20H17NO4/c22-17-8-5-15(6-9-17)14-3-1-13(2-4-14)12-21-16-7-10-19(23)18(11-16)20(24)25/h1-11,21-23H,12H2,(H,24,25). The molecular formula is C20H17NO4. The molecule has 0 saturated carbocycles. The van der Waals surface area contributed by atoms with Crippen molar-refractivity contribution in [2.75, 3.05) is 5.32 Å². The molecule has 3 rings (SSSR count). The van der Waals surface area contributed by atoms with Crippen LogP contribution in [0, 0.1) is 0 Å². The van der Waals surface area contributed by atoms with Gasteiger partial charge in [-0.05, 0) is 47.0 Å². The molecule has 0 aromatic heterocycles. The maximum absolute atomic E-state index is 11.0. The highest BCUT2D eigenvalue weighted by atomic mass is 16.4. The summed E-state index contributed by atoms with van der Waals surface area (Å²) in [7, 11) is 0. The number of hydrogen-bond donors (Lipinski definition) is 4. The van der Waals surface area contributed by atoms with E-state index in [2.05, 4.69) is 5.32 Å². The van der Waals surface area contributed by atoms with Gasteiger partial charge in [-0.25, -0.2) is 4.79 Å². The summed E-state index contributed by atoms with van der Waals surface area (Å²) in [5.41, 5.74) is 3.58. The Morgan fingerprint density at radius 2 is 1.44 bits per heavy atom.